The van der Waals surface area contributed by atoms with Crippen LogP contribution in [0.3, 0.4) is 0 Å². The topological polar surface area (TPSA) is 99.4 Å². The number of carbonyl (C=O) groups is 2. The number of benzene rings is 1. The maximum atomic E-state index is 13.6. The third kappa shape index (κ3) is 7.12. The number of rotatable bonds is 10. The van der Waals surface area contributed by atoms with Crippen LogP contribution in [-0.4, -0.2) is 66.2 Å². The van der Waals surface area contributed by atoms with Crippen LogP contribution in [0.2, 0.25) is 0 Å². The molecule has 0 unspecified atom stereocenters. The monoisotopic (exact) mass is 507 g/mol. The first-order valence-electron chi connectivity index (χ1n) is 13.9. The van der Waals surface area contributed by atoms with Crippen LogP contribution < -0.4 is 10.6 Å². The summed E-state index contributed by atoms with van der Waals surface area (Å²) in [6.45, 7) is 9.27. The minimum atomic E-state index is -0.500. The Morgan fingerprint density at radius 3 is 2.65 bits per heavy atom. The number of morpholine rings is 1. The highest BCUT2D eigenvalue weighted by molar-refractivity contribution is 5.99. The van der Waals surface area contributed by atoms with E-state index in [1.165, 1.54) is 0 Å². The molecular formula is C29H41N5O3. The Kier molecular flexibility index (Phi) is 9.59. The number of aryl methyl sites for hydroxylation is 1. The van der Waals surface area contributed by atoms with Crippen molar-refractivity contribution in [2.45, 2.75) is 71.0 Å². The first-order chi connectivity index (χ1) is 18.0. The average molecular weight is 508 g/mol. The molecule has 0 radical (unpaired) electrons. The zero-order valence-electron chi connectivity index (χ0n) is 22.2. The van der Waals surface area contributed by atoms with E-state index in [4.69, 9.17) is 4.74 Å². The van der Waals surface area contributed by atoms with E-state index in [1.54, 1.807) is 0 Å². The molecule has 0 bridgehead atoms. The van der Waals surface area contributed by atoms with Gasteiger partial charge in [0.15, 0.2) is 0 Å². The zero-order chi connectivity index (χ0) is 26.2. The summed E-state index contributed by atoms with van der Waals surface area (Å²) in [7, 11) is 0. The number of carbonyl (C=O) groups excluding carboxylic acids is 2. The minimum absolute atomic E-state index is 0.122. The molecule has 1 saturated heterocycles. The summed E-state index contributed by atoms with van der Waals surface area (Å²) in [5.74, 6) is -0.258. The van der Waals surface area contributed by atoms with Crippen LogP contribution in [0.5, 0.6) is 0 Å². The van der Waals surface area contributed by atoms with Crippen LogP contribution >= 0.6 is 0 Å². The van der Waals surface area contributed by atoms with E-state index in [0.29, 0.717) is 18.0 Å². The summed E-state index contributed by atoms with van der Waals surface area (Å²) in [4.78, 5) is 29.2. The van der Waals surface area contributed by atoms with Crippen LogP contribution in [0.1, 0.15) is 62.9 Å². The molecule has 37 heavy (non-hydrogen) atoms. The number of amides is 2. The van der Waals surface area contributed by atoms with Gasteiger partial charge in [0.25, 0.3) is 5.91 Å². The Bertz CT molecular complexity index is 1100. The van der Waals surface area contributed by atoms with Gasteiger partial charge in [0.05, 0.1) is 25.2 Å². The molecule has 200 valence electrons. The van der Waals surface area contributed by atoms with Crippen molar-refractivity contribution in [3.05, 3.63) is 36.0 Å². The van der Waals surface area contributed by atoms with Crippen molar-refractivity contribution >= 4 is 22.7 Å². The fourth-order valence-electron chi connectivity index (χ4n) is 5.67. The Morgan fingerprint density at radius 1 is 1.14 bits per heavy atom. The molecule has 4 rings (SSSR count). The fourth-order valence-corrected chi connectivity index (χ4v) is 5.67. The van der Waals surface area contributed by atoms with Crippen molar-refractivity contribution in [1.82, 2.24) is 20.1 Å². The summed E-state index contributed by atoms with van der Waals surface area (Å²) in [5.41, 5.74) is 1.70. The fraction of sp³-hybridized carbons (Fsp3) is 0.621. The van der Waals surface area contributed by atoms with Crippen LogP contribution in [0.25, 0.3) is 10.9 Å². The molecule has 8 heteroatoms. The second-order valence-corrected chi connectivity index (χ2v) is 10.8. The Balaban J connectivity index is 1.46. The average Bonchev–Trinajstić information content (AvgIpc) is 3.27. The van der Waals surface area contributed by atoms with Gasteiger partial charge in [-0.1, -0.05) is 44.9 Å². The van der Waals surface area contributed by atoms with Gasteiger partial charge in [-0.05, 0) is 43.7 Å². The number of nitrogens with zero attached hydrogens (tertiary/aromatic N) is 3. The molecule has 1 aromatic heterocycles. The normalized spacial score (nSPS) is 21.5. The molecule has 1 aliphatic heterocycles. The van der Waals surface area contributed by atoms with Gasteiger partial charge in [-0.2, -0.15) is 5.26 Å². The molecule has 2 aromatic rings. The molecular weight excluding hydrogens is 466 g/mol. The smallest absolute Gasteiger partial charge is 0.268 e. The first-order valence-corrected chi connectivity index (χ1v) is 13.9. The van der Waals surface area contributed by atoms with Crippen LogP contribution in [0, 0.1) is 23.2 Å². The highest BCUT2D eigenvalue weighted by atomic mass is 16.5. The van der Waals surface area contributed by atoms with Gasteiger partial charge in [-0.15, -0.1) is 0 Å². The number of ether oxygens (including phenoxy) is 1. The lowest BCUT2D eigenvalue weighted by Gasteiger charge is -2.32. The molecule has 1 aliphatic carbocycles. The Hall–Kier alpha value is -2.89. The van der Waals surface area contributed by atoms with Crippen LogP contribution in [-0.2, 0) is 16.1 Å². The van der Waals surface area contributed by atoms with Crippen molar-refractivity contribution in [2.75, 3.05) is 32.8 Å². The summed E-state index contributed by atoms with van der Waals surface area (Å²) >= 11 is 0. The molecule has 2 fully saturated rings. The van der Waals surface area contributed by atoms with E-state index in [2.05, 4.69) is 32.2 Å². The summed E-state index contributed by atoms with van der Waals surface area (Å²) in [5, 5.41) is 16.7. The van der Waals surface area contributed by atoms with E-state index in [0.717, 1.165) is 82.4 Å². The maximum absolute atomic E-state index is 13.6. The van der Waals surface area contributed by atoms with Gasteiger partial charge < -0.3 is 19.9 Å². The summed E-state index contributed by atoms with van der Waals surface area (Å²) in [6, 6.07) is 11.5. The predicted molar refractivity (Wildman–Crippen MR) is 144 cm³/mol. The Labute approximate surface area is 220 Å². The van der Waals surface area contributed by atoms with E-state index < -0.39 is 6.04 Å². The van der Waals surface area contributed by atoms with Gasteiger partial charge in [-0.3, -0.25) is 14.5 Å². The molecule has 2 amide bonds. The minimum Gasteiger partial charge on any atom is -0.379 e. The van der Waals surface area contributed by atoms with Crippen molar-refractivity contribution in [1.29, 1.82) is 5.26 Å². The summed E-state index contributed by atoms with van der Waals surface area (Å²) < 4.78 is 7.58. The SMILES string of the molecule is CC(C)C[C@@H](C#N)NC(=O)[C@@H]1CCCC[C@@H]1NC(=O)c1cc2ccccc2n1CCCN1CCOCC1. The van der Waals surface area contributed by atoms with Crippen molar-refractivity contribution in [2.24, 2.45) is 11.8 Å². The van der Waals surface area contributed by atoms with Gasteiger partial charge in [0.1, 0.15) is 11.7 Å². The number of hydrogen-bond acceptors (Lipinski definition) is 5. The molecule has 2 aliphatic rings. The number of nitrogens with one attached hydrogen (secondary N) is 2. The number of para-hydroxylation sites is 1. The van der Waals surface area contributed by atoms with Crippen molar-refractivity contribution in [3.63, 3.8) is 0 Å². The van der Waals surface area contributed by atoms with Crippen LogP contribution in [0.15, 0.2) is 30.3 Å². The van der Waals surface area contributed by atoms with Gasteiger partial charge in [-0.25, -0.2) is 0 Å². The number of fused-ring (bicyclic) bond motifs is 1. The lowest BCUT2D eigenvalue weighted by molar-refractivity contribution is -0.127. The molecule has 3 atom stereocenters. The first kappa shape index (κ1) is 27.2. The number of hydrogen-bond donors (Lipinski definition) is 2. The predicted octanol–water partition coefficient (Wildman–Crippen LogP) is 3.71. The molecule has 1 aromatic carbocycles. The molecule has 8 nitrogen and oxygen atoms in total. The van der Waals surface area contributed by atoms with E-state index in [-0.39, 0.29) is 23.8 Å². The quantitative estimate of drug-likeness (QED) is 0.511. The highest BCUT2D eigenvalue weighted by Gasteiger charge is 2.34. The second-order valence-electron chi connectivity index (χ2n) is 10.8. The van der Waals surface area contributed by atoms with Gasteiger partial charge in [0, 0.05) is 43.1 Å². The largest absolute Gasteiger partial charge is 0.379 e. The van der Waals surface area contributed by atoms with E-state index in [9.17, 15) is 14.9 Å². The number of nitriles is 1. The standard InChI is InChI=1S/C29H41N5O3/c1-21(2)18-23(20-30)31-28(35)24-9-4-5-10-25(24)32-29(36)27-19-22-8-3-6-11-26(22)34(27)13-7-12-33-14-16-37-17-15-33/h3,6,8,11,19,21,23-25H,4-5,7,9-10,12-18H2,1-2H3,(H,31,35)(H,32,36)/t23-,24+,25-/m0/s1. The second kappa shape index (κ2) is 13.1. The third-order valence-corrected chi connectivity index (χ3v) is 7.60. The van der Waals surface area contributed by atoms with Gasteiger partial charge >= 0.3 is 0 Å². The van der Waals surface area contributed by atoms with Crippen LogP contribution in [0.4, 0.5) is 0 Å². The molecule has 2 N–H and O–H groups in total. The van der Waals surface area contributed by atoms with Crippen molar-refractivity contribution < 1.29 is 14.3 Å². The third-order valence-electron chi connectivity index (χ3n) is 7.60. The van der Waals surface area contributed by atoms with Crippen molar-refractivity contribution in [3.8, 4) is 6.07 Å². The van der Waals surface area contributed by atoms with Gasteiger partial charge in [0.2, 0.25) is 5.91 Å². The number of aromatic nitrogens is 1. The summed E-state index contributed by atoms with van der Waals surface area (Å²) in [6.07, 6.45) is 4.98. The molecule has 2 heterocycles. The lowest BCUT2D eigenvalue weighted by Crippen LogP contribution is -2.50. The van der Waals surface area contributed by atoms with E-state index in [1.807, 2.05) is 38.1 Å². The zero-order valence-corrected chi connectivity index (χ0v) is 22.2. The lowest BCUT2D eigenvalue weighted by atomic mass is 9.83. The maximum Gasteiger partial charge on any atom is 0.268 e. The Morgan fingerprint density at radius 2 is 1.89 bits per heavy atom. The molecule has 0 spiro atoms. The van der Waals surface area contributed by atoms with E-state index >= 15 is 0 Å². The highest BCUT2D eigenvalue weighted by Crippen LogP contribution is 2.27. The molecule has 1 saturated carbocycles.